The van der Waals surface area contributed by atoms with Crippen molar-refractivity contribution in [1.29, 1.82) is 5.26 Å². The molecule has 0 aliphatic heterocycles. The van der Waals surface area contributed by atoms with Crippen LogP contribution in [0.2, 0.25) is 15.1 Å². The van der Waals surface area contributed by atoms with Crippen LogP contribution < -0.4 is 5.32 Å². The van der Waals surface area contributed by atoms with Crippen LogP contribution in [0.25, 0.3) is 0 Å². The summed E-state index contributed by atoms with van der Waals surface area (Å²) in [4.78, 5) is 0. The van der Waals surface area contributed by atoms with E-state index in [1.807, 2.05) is 12.1 Å². The zero-order valence-electron chi connectivity index (χ0n) is 10.5. The topological polar surface area (TPSA) is 35.8 Å². The Balaban J connectivity index is 2.01. The van der Waals surface area contributed by atoms with Gasteiger partial charge >= 0.3 is 0 Å². The number of nitriles is 1. The minimum atomic E-state index is 0.528. The van der Waals surface area contributed by atoms with Gasteiger partial charge < -0.3 is 5.32 Å². The molecule has 2 aromatic rings. The molecule has 2 nitrogen and oxygen atoms in total. The van der Waals surface area contributed by atoms with E-state index in [0.29, 0.717) is 27.2 Å². The highest BCUT2D eigenvalue weighted by molar-refractivity contribution is 6.35. The lowest BCUT2D eigenvalue weighted by atomic mass is 10.1. The summed E-state index contributed by atoms with van der Waals surface area (Å²) < 4.78 is 0. The Kier molecular flexibility index (Phi) is 5.14. The predicted molar refractivity (Wildman–Crippen MR) is 84.8 cm³/mol. The first-order chi connectivity index (χ1) is 9.60. The summed E-state index contributed by atoms with van der Waals surface area (Å²) in [5, 5.41) is 14.1. The van der Waals surface area contributed by atoms with Gasteiger partial charge in [-0.25, -0.2) is 0 Å². The van der Waals surface area contributed by atoms with Gasteiger partial charge in [-0.15, -0.1) is 0 Å². The summed E-state index contributed by atoms with van der Waals surface area (Å²) in [6, 6.07) is 12.7. The Bertz CT molecular complexity index is 663. The molecule has 0 saturated heterocycles. The molecule has 0 heterocycles. The Labute approximate surface area is 132 Å². The van der Waals surface area contributed by atoms with Crippen molar-refractivity contribution in [3.63, 3.8) is 0 Å². The highest BCUT2D eigenvalue weighted by atomic mass is 35.5. The van der Waals surface area contributed by atoms with Crippen molar-refractivity contribution >= 4 is 40.5 Å². The highest BCUT2D eigenvalue weighted by Gasteiger charge is 2.04. The van der Waals surface area contributed by atoms with Crippen LogP contribution in [-0.4, -0.2) is 6.54 Å². The molecule has 0 saturated carbocycles. The first-order valence-electron chi connectivity index (χ1n) is 5.97. The van der Waals surface area contributed by atoms with E-state index in [0.717, 1.165) is 17.7 Å². The van der Waals surface area contributed by atoms with Gasteiger partial charge in [-0.1, -0.05) is 40.9 Å². The van der Waals surface area contributed by atoms with Crippen molar-refractivity contribution in [3.05, 3.63) is 62.6 Å². The molecule has 0 fully saturated rings. The summed E-state index contributed by atoms with van der Waals surface area (Å²) in [5.41, 5.74) is 2.30. The van der Waals surface area contributed by atoms with Gasteiger partial charge in [-0.2, -0.15) is 5.26 Å². The fourth-order valence-electron chi connectivity index (χ4n) is 1.82. The normalized spacial score (nSPS) is 10.1. The smallest absolute Gasteiger partial charge is 0.101 e. The van der Waals surface area contributed by atoms with Crippen LogP contribution in [0.15, 0.2) is 36.4 Å². The van der Waals surface area contributed by atoms with Crippen molar-refractivity contribution in [2.75, 3.05) is 11.9 Å². The van der Waals surface area contributed by atoms with E-state index in [9.17, 15) is 0 Å². The first kappa shape index (κ1) is 15.0. The molecule has 0 radical (unpaired) electrons. The van der Waals surface area contributed by atoms with Gasteiger partial charge in [-0.05, 0) is 42.3 Å². The molecule has 5 heteroatoms. The Morgan fingerprint density at radius 2 is 1.70 bits per heavy atom. The number of nitrogens with zero attached hydrogens (tertiary/aromatic N) is 1. The maximum atomic E-state index is 9.05. The highest BCUT2D eigenvalue weighted by Crippen LogP contribution is 2.22. The summed E-state index contributed by atoms with van der Waals surface area (Å²) in [6.45, 7) is 0.664. The minimum absolute atomic E-state index is 0.528. The molecule has 2 aromatic carbocycles. The third-order valence-corrected chi connectivity index (χ3v) is 3.65. The van der Waals surface area contributed by atoms with Crippen LogP contribution in [0.5, 0.6) is 0 Å². The van der Waals surface area contributed by atoms with Crippen molar-refractivity contribution in [1.82, 2.24) is 0 Å². The second-order valence-electron chi connectivity index (χ2n) is 4.21. The summed E-state index contributed by atoms with van der Waals surface area (Å²) in [7, 11) is 0. The number of nitrogens with one attached hydrogen (secondary N) is 1. The van der Waals surface area contributed by atoms with Gasteiger partial charge in [0.05, 0.1) is 11.3 Å². The Morgan fingerprint density at radius 3 is 2.40 bits per heavy atom. The largest absolute Gasteiger partial charge is 0.384 e. The van der Waals surface area contributed by atoms with Crippen LogP contribution in [0, 0.1) is 11.3 Å². The summed E-state index contributed by atoms with van der Waals surface area (Å²) >= 11 is 17.8. The summed E-state index contributed by atoms with van der Waals surface area (Å²) in [5.74, 6) is 0. The molecule has 102 valence electrons. The lowest BCUT2D eigenvalue weighted by molar-refractivity contribution is 1.02. The SMILES string of the molecule is N#Cc1cc(Cl)ccc1NCCc1ccc(Cl)cc1Cl. The molecule has 0 atom stereocenters. The lowest BCUT2D eigenvalue weighted by Crippen LogP contribution is -2.06. The van der Waals surface area contributed by atoms with Gasteiger partial charge in [0.15, 0.2) is 0 Å². The number of halogens is 3. The summed E-state index contributed by atoms with van der Waals surface area (Å²) in [6.07, 6.45) is 0.740. The predicted octanol–water partition coefficient (Wildman–Crippen LogP) is 5.17. The van der Waals surface area contributed by atoms with Gasteiger partial charge in [0.2, 0.25) is 0 Å². The fourth-order valence-corrected chi connectivity index (χ4v) is 2.49. The van der Waals surface area contributed by atoms with Gasteiger partial charge in [0, 0.05) is 21.6 Å². The lowest BCUT2D eigenvalue weighted by Gasteiger charge is -2.09. The minimum Gasteiger partial charge on any atom is -0.384 e. The Morgan fingerprint density at radius 1 is 1.00 bits per heavy atom. The molecule has 0 spiro atoms. The van der Waals surface area contributed by atoms with Crippen LogP contribution in [0.3, 0.4) is 0 Å². The second-order valence-corrected chi connectivity index (χ2v) is 5.49. The quantitative estimate of drug-likeness (QED) is 0.841. The number of benzene rings is 2. The Hall–Kier alpha value is -1.40. The molecule has 0 unspecified atom stereocenters. The molecule has 1 N–H and O–H groups in total. The molecule has 20 heavy (non-hydrogen) atoms. The number of anilines is 1. The average molecular weight is 326 g/mol. The fraction of sp³-hybridized carbons (Fsp3) is 0.133. The zero-order valence-corrected chi connectivity index (χ0v) is 12.7. The van der Waals surface area contributed by atoms with Crippen molar-refractivity contribution in [3.8, 4) is 6.07 Å². The number of hydrogen-bond donors (Lipinski definition) is 1. The molecule has 0 amide bonds. The van der Waals surface area contributed by atoms with E-state index >= 15 is 0 Å². The first-order valence-corrected chi connectivity index (χ1v) is 7.11. The second kappa shape index (κ2) is 6.85. The van der Waals surface area contributed by atoms with E-state index in [4.69, 9.17) is 40.1 Å². The van der Waals surface area contributed by atoms with Crippen LogP contribution in [0.1, 0.15) is 11.1 Å². The van der Waals surface area contributed by atoms with E-state index in [1.165, 1.54) is 0 Å². The monoisotopic (exact) mass is 324 g/mol. The molecule has 2 rings (SSSR count). The maximum absolute atomic E-state index is 9.05. The van der Waals surface area contributed by atoms with Crippen molar-refractivity contribution < 1.29 is 0 Å². The molecule has 0 aliphatic carbocycles. The third-order valence-electron chi connectivity index (χ3n) is 2.83. The molecular weight excluding hydrogens is 315 g/mol. The van der Waals surface area contributed by atoms with Crippen LogP contribution in [0.4, 0.5) is 5.69 Å². The van der Waals surface area contributed by atoms with Gasteiger partial charge in [-0.3, -0.25) is 0 Å². The van der Waals surface area contributed by atoms with E-state index in [2.05, 4.69) is 11.4 Å². The van der Waals surface area contributed by atoms with E-state index in [1.54, 1.807) is 24.3 Å². The van der Waals surface area contributed by atoms with Crippen LogP contribution in [-0.2, 0) is 6.42 Å². The van der Waals surface area contributed by atoms with E-state index < -0.39 is 0 Å². The molecule has 0 bridgehead atoms. The number of rotatable bonds is 4. The van der Waals surface area contributed by atoms with Crippen LogP contribution >= 0.6 is 34.8 Å². The standard InChI is InChI=1S/C15H11Cl3N2/c16-12-3-4-15(11(7-12)9-19)20-6-5-10-1-2-13(17)8-14(10)18/h1-4,7-8,20H,5-6H2. The zero-order chi connectivity index (χ0) is 14.5. The average Bonchev–Trinajstić information content (AvgIpc) is 2.42. The maximum Gasteiger partial charge on any atom is 0.101 e. The molecule has 0 aromatic heterocycles. The number of hydrogen-bond acceptors (Lipinski definition) is 2. The van der Waals surface area contributed by atoms with Crippen molar-refractivity contribution in [2.45, 2.75) is 6.42 Å². The molecule has 0 aliphatic rings. The van der Waals surface area contributed by atoms with Gasteiger partial charge in [0.25, 0.3) is 0 Å². The third kappa shape index (κ3) is 3.80. The van der Waals surface area contributed by atoms with E-state index in [-0.39, 0.29) is 0 Å². The molecular formula is C15H11Cl3N2. The van der Waals surface area contributed by atoms with Crippen molar-refractivity contribution in [2.24, 2.45) is 0 Å². The van der Waals surface area contributed by atoms with Gasteiger partial charge in [0.1, 0.15) is 6.07 Å².